The predicted octanol–water partition coefficient (Wildman–Crippen LogP) is 4.00. The van der Waals surface area contributed by atoms with E-state index in [1.54, 1.807) is 7.05 Å². The second kappa shape index (κ2) is 7.80. The van der Waals surface area contributed by atoms with Crippen molar-refractivity contribution in [2.24, 2.45) is 13.0 Å². The zero-order valence-corrected chi connectivity index (χ0v) is 20.6. The number of amides is 1. The number of hydrogen-bond donors (Lipinski definition) is 1. The van der Waals surface area contributed by atoms with Crippen molar-refractivity contribution in [2.45, 2.75) is 70.8 Å². The lowest BCUT2D eigenvalue weighted by molar-refractivity contribution is -0.119. The van der Waals surface area contributed by atoms with Gasteiger partial charge in [-0.2, -0.15) is 14.6 Å². The van der Waals surface area contributed by atoms with Crippen molar-refractivity contribution in [1.82, 2.24) is 24.9 Å². The zero-order valence-electron chi connectivity index (χ0n) is 20.6. The molecule has 0 spiro atoms. The highest BCUT2D eigenvalue weighted by molar-refractivity contribution is 5.90. The third kappa shape index (κ3) is 3.96. The van der Waals surface area contributed by atoms with Crippen molar-refractivity contribution >= 4 is 16.8 Å². The van der Waals surface area contributed by atoms with Gasteiger partial charge >= 0.3 is 0 Å². The zero-order chi connectivity index (χ0) is 24.4. The fourth-order valence-corrected chi connectivity index (χ4v) is 5.37. The van der Waals surface area contributed by atoms with E-state index in [-0.39, 0.29) is 35.2 Å². The number of fused-ring (bicyclic) bond motifs is 1. The molecular weight excluding hydrogens is 437 g/mol. The molecular formula is C25H32FN5O3. The summed E-state index contributed by atoms with van der Waals surface area (Å²) in [5, 5.41) is 12.2. The molecule has 1 N–H and O–H groups in total. The van der Waals surface area contributed by atoms with E-state index in [1.165, 1.54) is 4.68 Å². The Morgan fingerprint density at radius 3 is 2.68 bits per heavy atom. The normalized spacial score (nSPS) is 24.5. The maximum Gasteiger partial charge on any atom is 0.222 e. The van der Waals surface area contributed by atoms with Gasteiger partial charge in [-0.3, -0.25) is 9.48 Å². The predicted molar refractivity (Wildman–Crippen MR) is 126 cm³/mol. The lowest BCUT2D eigenvalue weighted by Gasteiger charge is -2.27. The Bertz CT molecular complexity index is 1260. The van der Waals surface area contributed by atoms with Crippen LogP contribution in [0.2, 0.25) is 0 Å². The van der Waals surface area contributed by atoms with Crippen molar-refractivity contribution in [1.29, 1.82) is 0 Å². The van der Waals surface area contributed by atoms with Gasteiger partial charge in [0.15, 0.2) is 0 Å². The van der Waals surface area contributed by atoms with Gasteiger partial charge in [0, 0.05) is 44.1 Å². The van der Waals surface area contributed by atoms with Crippen LogP contribution in [-0.4, -0.2) is 49.3 Å². The first-order chi connectivity index (χ1) is 15.9. The summed E-state index contributed by atoms with van der Waals surface area (Å²) >= 11 is 0. The fraction of sp³-hybridized carbons (Fsp3) is 0.560. The van der Waals surface area contributed by atoms with Crippen LogP contribution in [0.5, 0.6) is 5.75 Å². The fourth-order valence-electron chi connectivity index (χ4n) is 5.37. The molecule has 2 aromatic heterocycles. The third-order valence-electron chi connectivity index (χ3n) is 7.10. The van der Waals surface area contributed by atoms with Crippen LogP contribution in [0.3, 0.4) is 0 Å². The summed E-state index contributed by atoms with van der Waals surface area (Å²) in [5.41, 5.74) is 1.67. The molecule has 2 aliphatic heterocycles. The van der Waals surface area contributed by atoms with Gasteiger partial charge in [-0.05, 0) is 52.3 Å². The van der Waals surface area contributed by atoms with Crippen LogP contribution in [0.15, 0.2) is 24.5 Å². The quantitative estimate of drug-likeness (QED) is 0.611. The highest BCUT2D eigenvalue weighted by Crippen LogP contribution is 2.45. The van der Waals surface area contributed by atoms with Gasteiger partial charge in [0.1, 0.15) is 11.9 Å². The van der Waals surface area contributed by atoms with Crippen LogP contribution in [0, 0.1) is 11.9 Å². The lowest BCUT2D eigenvalue weighted by Crippen LogP contribution is -2.31. The van der Waals surface area contributed by atoms with Crippen molar-refractivity contribution < 1.29 is 18.7 Å². The Kier molecular flexibility index (Phi) is 5.24. The molecule has 2 unspecified atom stereocenters. The Hall–Kier alpha value is -2.94. The van der Waals surface area contributed by atoms with Crippen LogP contribution in [-0.2, 0) is 16.6 Å². The summed E-state index contributed by atoms with van der Waals surface area (Å²) in [5.74, 6) is 0.0125. The summed E-state index contributed by atoms with van der Waals surface area (Å²) in [6.45, 7) is 10.8. The average Bonchev–Trinajstić information content (AvgIpc) is 3.48. The maximum atomic E-state index is 14.9. The average molecular weight is 470 g/mol. The summed E-state index contributed by atoms with van der Waals surface area (Å²) in [7, 11) is 1.57. The first kappa shape index (κ1) is 22.8. The van der Waals surface area contributed by atoms with Gasteiger partial charge in [0.2, 0.25) is 11.9 Å². The summed E-state index contributed by atoms with van der Waals surface area (Å²) in [6.07, 6.45) is 4.81. The molecule has 0 saturated carbocycles. The Labute approximate surface area is 198 Å². The van der Waals surface area contributed by atoms with Gasteiger partial charge in [-0.15, -0.1) is 0 Å². The molecule has 2 saturated heterocycles. The molecule has 9 heteroatoms. The summed E-state index contributed by atoms with van der Waals surface area (Å²) in [6, 6.07) is 3.79. The maximum absolute atomic E-state index is 14.9. The van der Waals surface area contributed by atoms with Crippen LogP contribution < -0.4 is 10.1 Å². The topological polar surface area (TPSA) is 83.2 Å². The van der Waals surface area contributed by atoms with Crippen molar-refractivity contribution in [2.75, 3.05) is 6.54 Å². The number of halogens is 1. The molecule has 3 aromatic rings. The minimum absolute atomic E-state index is 0.0151. The van der Waals surface area contributed by atoms with E-state index in [0.29, 0.717) is 29.6 Å². The van der Waals surface area contributed by atoms with Gasteiger partial charge in [-0.1, -0.05) is 0 Å². The van der Waals surface area contributed by atoms with E-state index in [1.807, 2.05) is 36.1 Å². The van der Waals surface area contributed by atoms with Gasteiger partial charge in [0.05, 0.1) is 34.3 Å². The molecule has 182 valence electrons. The number of carbonyl (C=O) groups is 1. The SMILES string of the molecule is CC(Oc1cc(-c2cnn(C3CC(C)(C)OC3(C)C)c2)cc2nn(C)c(F)c12)[C@H]1CNC(=O)C1. The number of nitrogens with one attached hydrogen (secondary N) is 1. The Morgan fingerprint density at radius 2 is 2.03 bits per heavy atom. The first-order valence-corrected chi connectivity index (χ1v) is 11.8. The number of rotatable bonds is 5. The van der Waals surface area contributed by atoms with Crippen LogP contribution in [0.4, 0.5) is 4.39 Å². The highest BCUT2D eigenvalue weighted by Gasteiger charge is 2.47. The van der Waals surface area contributed by atoms with Crippen molar-refractivity contribution in [3.63, 3.8) is 0 Å². The molecule has 5 rings (SSSR count). The molecule has 1 aromatic carbocycles. The second-order valence-corrected chi connectivity index (χ2v) is 10.8. The molecule has 4 heterocycles. The minimum atomic E-state index is -0.452. The van der Waals surface area contributed by atoms with Gasteiger partial charge in [-0.25, -0.2) is 4.68 Å². The number of aromatic nitrogens is 4. The first-order valence-electron chi connectivity index (χ1n) is 11.8. The number of hydrogen-bond acceptors (Lipinski definition) is 5. The van der Waals surface area contributed by atoms with E-state index in [9.17, 15) is 9.18 Å². The third-order valence-corrected chi connectivity index (χ3v) is 7.10. The molecule has 2 fully saturated rings. The number of nitrogens with zero attached hydrogens (tertiary/aromatic N) is 4. The lowest BCUT2D eigenvalue weighted by atomic mass is 9.94. The summed E-state index contributed by atoms with van der Waals surface area (Å²) in [4.78, 5) is 11.7. The van der Waals surface area contributed by atoms with E-state index < -0.39 is 5.95 Å². The Balaban J connectivity index is 1.51. The molecule has 0 radical (unpaired) electrons. The molecule has 3 atom stereocenters. The largest absolute Gasteiger partial charge is 0.489 e. The standard InChI is InChI=1S/C25H32FN5O3/c1-14(16-9-21(32)27-11-16)33-19-8-15(7-18-22(19)23(26)30(6)29-18)17-12-28-31(13-17)20-10-24(2,3)34-25(20,4)5/h7-8,12-14,16,20H,9-11H2,1-6H3,(H,27,32)/t14?,16-,20?/m1/s1. The van der Waals surface area contributed by atoms with Gasteiger partial charge < -0.3 is 14.8 Å². The van der Waals surface area contributed by atoms with E-state index >= 15 is 0 Å². The number of ether oxygens (including phenoxy) is 2. The van der Waals surface area contributed by atoms with Crippen LogP contribution in [0.1, 0.15) is 53.5 Å². The smallest absolute Gasteiger partial charge is 0.222 e. The molecule has 8 nitrogen and oxygen atoms in total. The number of aryl methyl sites for hydroxylation is 1. The van der Waals surface area contributed by atoms with Crippen LogP contribution >= 0.6 is 0 Å². The van der Waals surface area contributed by atoms with Crippen molar-refractivity contribution in [3.05, 3.63) is 30.5 Å². The highest BCUT2D eigenvalue weighted by atomic mass is 19.1. The second-order valence-electron chi connectivity index (χ2n) is 10.8. The van der Waals surface area contributed by atoms with E-state index in [0.717, 1.165) is 17.5 Å². The molecule has 0 aliphatic carbocycles. The molecule has 0 bridgehead atoms. The van der Waals surface area contributed by atoms with Gasteiger partial charge in [0.25, 0.3) is 0 Å². The monoisotopic (exact) mass is 469 g/mol. The molecule has 34 heavy (non-hydrogen) atoms. The van der Waals surface area contributed by atoms with E-state index in [2.05, 4.69) is 43.2 Å². The Morgan fingerprint density at radius 1 is 1.26 bits per heavy atom. The minimum Gasteiger partial charge on any atom is -0.489 e. The van der Waals surface area contributed by atoms with Crippen LogP contribution in [0.25, 0.3) is 22.0 Å². The molecule has 2 aliphatic rings. The van der Waals surface area contributed by atoms with E-state index in [4.69, 9.17) is 9.47 Å². The summed E-state index contributed by atoms with van der Waals surface area (Å²) < 4.78 is 30.6. The number of benzene rings is 1. The molecule has 1 amide bonds. The van der Waals surface area contributed by atoms with Crippen molar-refractivity contribution in [3.8, 4) is 16.9 Å². The number of carbonyl (C=O) groups excluding carboxylic acids is 1.